The first kappa shape index (κ1) is 10.4. The summed E-state index contributed by atoms with van der Waals surface area (Å²) < 4.78 is 0. The molecule has 2 heterocycles. The van der Waals surface area contributed by atoms with E-state index in [4.69, 9.17) is 11.6 Å². The van der Waals surface area contributed by atoms with E-state index in [-0.39, 0.29) is 0 Å². The molecule has 3 rings (SSSR count). The molecule has 1 aromatic rings. The van der Waals surface area contributed by atoms with Crippen molar-refractivity contribution < 1.29 is 0 Å². The number of piperidine rings is 1. The molecule has 3 heteroatoms. The number of hydrogen-bond acceptors (Lipinski definition) is 2. The normalized spacial score (nSPS) is 23.1. The zero-order valence-corrected chi connectivity index (χ0v) is 10.3. The van der Waals surface area contributed by atoms with Gasteiger partial charge in [-0.1, -0.05) is 23.7 Å². The second kappa shape index (κ2) is 3.64. The fourth-order valence-electron chi connectivity index (χ4n) is 2.99. The van der Waals surface area contributed by atoms with Gasteiger partial charge in [-0.2, -0.15) is 0 Å². The van der Waals surface area contributed by atoms with Gasteiger partial charge < -0.3 is 10.2 Å². The Kier molecular flexibility index (Phi) is 2.37. The average molecular weight is 237 g/mol. The van der Waals surface area contributed by atoms with E-state index in [0.29, 0.717) is 5.41 Å². The van der Waals surface area contributed by atoms with Gasteiger partial charge in [-0.25, -0.2) is 0 Å². The Morgan fingerprint density at radius 3 is 2.81 bits per heavy atom. The third-order valence-corrected chi connectivity index (χ3v) is 4.45. The Morgan fingerprint density at radius 2 is 2.06 bits per heavy atom. The molecule has 1 spiro atoms. The lowest BCUT2D eigenvalue weighted by Crippen LogP contribution is -2.42. The molecule has 0 bridgehead atoms. The van der Waals surface area contributed by atoms with E-state index in [0.717, 1.165) is 11.6 Å². The summed E-state index contributed by atoms with van der Waals surface area (Å²) in [6, 6.07) is 6.29. The van der Waals surface area contributed by atoms with Crippen molar-refractivity contribution >= 4 is 17.3 Å². The van der Waals surface area contributed by atoms with E-state index in [2.05, 4.69) is 29.4 Å². The van der Waals surface area contributed by atoms with Crippen molar-refractivity contribution in [3.8, 4) is 0 Å². The number of fused-ring (bicyclic) bond motifs is 2. The average Bonchev–Trinajstić information content (AvgIpc) is 2.64. The molecule has 1 saturated heterocycles. The monoisotopic (exact) mass is 236 g/mol. The van der Waals surface area contributed by atoms with Crippen LogP contribution in [0.3, 0.4) is 0 Å². The highest BCUT2D eigenvalue weighted by Crippen LogP contribution is 2.46. The highest BCUT2D eigenvalue weighted by atomic mass is 35.5. The number of likely N-dealkylation sites (tertiary alicyclic amines) is 1. The Morgan fingerprint density at radius 1 is 1.31 bits per heavy atom. The topological polar surface area (TPSA) is 15.3 Å². The summed E-state index contributed by atoms with van der Waals surface area (Å²) in [5, 5.41) is 4.36. The largest absolute Gasteiger partial charge is 0.383 e. The SMILES string of the molecule is CN1CCC2(CC1)CNc1c(Cl)cccc12. The first-order valence-electron chi connectivity index (χ1n) is 5.93. The molecule has 1 aromatic carbocycles. The number of benzene rings is 1. The predicted octanol–water partition coefficient (Wildman–Crippen LogP) is 2.73. The molecule has 0 amide bonds. The van der Waals surface area contributed by atoms with Crippen LogP contribution in [0.25, 0.3) is 0 Å². The number of para-hydroxylation sites is 1. The van der Waals surface area contributed by atoms with E-state index in [9.17, 15) is 0 Å². The van der Waals surface area contributed by atoms with E-state index >= 15 is 0 Å². The smallest absolute Gasteiger partial charge is 0.0640 e. The standard InChI is InChI=1S/C13H17ClN2/c1-16-7-5-13(6-8-16)9-15-12-10(13)3-2-4-11(12)14/h2-4,15H,5-9H2,1H3. The highest BCUT2D eigenvalue weighted by Gasteiger charge is 2.41. The zero-order chi connectivity index (χ0) is 11.2. The Balaban J connectivity index is 1.99. The van der Waals surface area contributed by atoms with Gasteiger partial charge in [-0.15, -0.1) is 0 Å². The van der Waals surface area contributed by atoms with Crippen molar-refractivity contribution in [2.24, 2.45) is 0 Å². The Bertz CT molecular complexity index is 408. The molecule has 0 aromatic heterocycles. The molecular formula is C13H17ClN2. The first-order valence-corrected chi connectivity index (χ1v) is 6.30. The van der Waals surface area contributed by atoms with E-state index < -0.39 is 0 Å². The zero-order valence-electron chi connectivity index (χ0n) is 9.59. The maximum absolute atomic E-state index is 6.23. The minimum absolute atomic E-state index is 0.340. The van der Waals surface area contributed by atoms with Crippen LogP contribution >= 0.6 is 11.6 Å². The van der Waals surface area contributed by atoms with Crippen LogP contribution in [-0.4, -0.2) is 31.6 Å². The van der Waals surface area contributed by atoms with Gasteiger partial charge in [0, 0.05) is 12.0 Å². The van der Waals surface area contributed by atoms with E-state index in [1.165, 1.54) is 37.2 Å². The van der Waals surface area contributed by atoms with E-state index in [1.54, 1.807) is 0 Å². The summed E-state index contributed by atoms with van der Waals surface area (Å²) >= 11 is 6.23. The number of halogens is 1. The van der Waals surface area contributed by atoms with Crippen LogP contribution < -0.4 is 5.32 Å². The Hall–Kier alpha value is -0.730. The number of rotatable bonds is 0. The van der Waals surface area contributed by atoms with E-state index in [1.807, 2.05) is 6.07 Å². The molecule has 0 aliphatic carbocycles. The lowest BCUT2D eigenvalue weighted by atomic mass is 9.74. The number of nitrogens with one attached hydrogen (secondary N) is 1. The molecule has 1 fully saturated rings. The van der Waals surface area contributed by atoms with Gasteiger partial charge in [0.05, 0.1) is 10.7 Å². The van der Waals surface area contributed by atoms with Crippen molar-refractivity contribution in [2.75, 3.05) is 32.0 Å². The predicted molar refractivity (Wildman–Crippen MR) is 68.4 cm³/mol. The highest BCUT2D eigenvalue weighted by molar-refractivity contribution is 6.33. The quantitative estimate of drug-likeness (QED) is 0.745. The second-order valence-electron chi connectivity index (χ2n) is 5.10. The molecule has 2 nitrogen and oxygen atoms in total. The van der Waals surface area contributed by atoms with Gasteiger partial charge in [0.15, 0.2) is 0 Å². The molecule has 0 saturated carbocycles. The molecule has 2 aliphatic heterocycles. The maximum atomic E-state index is 6.23. The summed E-state index contributed by atoms with van der Waals surface area (Å²) in [5.41, 5.74) is 2.95. The molecule has 0 atom stereocenters. The van der Waals surface area contributed by atoms with Crippen LogP contribution in [0.5, 0.6) is 0 Å². The van der Waals surface area contributed by atoms with Crippen LogP contribution in [0, 0.1) is 0 Å². The molecule has 16 heavy (non-hydrogen) atoms. The molecule has 0 radical (unpaired) electrons. The summed E-state index contributed by atoms with van der Waals surface area (Å²) in [5.74, 6) is 0. The van der Waals surface area contributed by atoms with Crippen LogP contribution in [-0.2, 0) is 5.41 Å². The number of hydrogen-bond donors (Lipinski definition) is 1. The Labute approximate surface area is 102 Å². The minimum atomic E-state index is 0.340. The summed E-state index contributed by atoms with van der Waals surface area (Å²) in [7, 11) is 2.20. The van der Waals surface area contributed by atoms with Crippen LogP contribution in [0.4, 0.5) is 5.69 Å². The molecule has 2 aliphatic rings. The third-order valence-electron chi connectivity index (χ3n) is 4.13. The maximum Gasteiger partial charge on any atom is 0.0640 e. The lowest BCUT2D eigenvalue weighted by molar-refractivity contribution is 0.200. The van der Waals surface area contributed by atoms with Crippen molar-refractivity contribution in [1.29, 1.82) is 0 Å². The van der Waals surface area contributed by atoms with Gasteiger partial charge in [0.1, 0.15) is 0 Å². The van der Waals surface area contributed by atoms with Crippen molar-refractivity contribution in [3.63, 3.8) is 0 Å². The van der Waals surface area contributed by atoms with Crippen LogP contribution in [0.15, 0.2) is 18.2 Å². The van der Waals surface area contributed by atoms with Crippen molar-refractivity contribution in [3.05, 3.63) is 28.8 Å². The summed E-state index contributed by atoms with van der Waals surface area (Å²) in [6.45, 7) is 3.43. The van der Waals surface area contributed by atoms with Gasteiger partial charge in [0.25, 0.3) is 0 Å². The fraction of sp³-hybridized carbons (Fsp3) is 0.538. The van der Waals surface area contributed by atoms with Crippen molar-refractivity contribution in [1.82, 2.24) is 4.90 Å². The third kappa shape index (κ3) is 1.44. The fourth-order valence-corrected chi connectivity index (χ4v) is 3.23. The van der Waals surface area contributed by atoms with Crippen LogP contribution in [0.2, 0.25) is 5.02 Å². The molecule has 0 unspecified atom stereocenters. The number of nitrogens with zero attached hydrogens (tertiary/aromatic N) is 1. The van der Waals surface area contributed by atoms with Gasteiger partial charge in [-0.3, -0.25) is 0 Å². The molecular weight excluding hydrogens is 220 g/mol. The van der Waals surface area contributed by atoms with Gasteiger partial charge in [0.2, 0.25) is 0 Å². The second-order valence-corrected chi connectivity index (χ2v) is 5.51. The summed E-state index contributed by atoms with van der Waals surface area (Å²) in [4.78, 5) is 2.41. The lowest BCUT2D eigenvalue weighted by Gasteiger charge is -2.37. The van der Waals surface area contributed by atoms with Crippen LogP contribution in [0.1, 0.15) is 18.4 Å². The van der Waals surface area contributed by atoms with Crippen molar-refractivity contribution in [2.45, 2.75) is 18.3 Å². The minimum Gasteiger partial charge on any atom is -0.383 e. The first-order chi connectivity index (χ1) is 7.71. The summed E-state index contributed by atoms with van der Waals surface area (Å²) in [6.07, 6.45) is 2.48. The molecule has 1 N–H and O–H groups in total. The van der Waals surface area contributed by atoms with Gasteiger partial charge in [-0.05, 0) is 44.6 Å². The van der Waals surface area contributed by atoms with Gasteiger partial charge >= 0.3 is 0 Å². The number of anilines is 1. The molecule has 86 valence electrons.